The summed E-state index contributed by atoms with van der Waals surface area (Å²) in [5.41, 5.74) is -0.350. The standard InChI is InChI=1S/C17H24N2O6/c1-5-24-15(20)11-13(18-16(21)25-17(2,3)4)10-12-8-6-7-9-14(12)19(22)23/h6-9,13H,5,10-11H2,1-4H3,(H,18,21). The predicted molar refractivity (Wildman–Crippen MR) is 91.2 cm³/mol. The van der Waals surface area contributed by atoms with E-state index in [2.05, 4.69) is 5.32 Å². The highest BCUT2D eigenvalue weighted by atomic mass is 16.6. The minimum absolute atomic E-state index is 0.0673. The van der Waals surface area contributed by atoms with Crippen molar-refractivity contribution in [1.29, 1.82) is 0 Å². The molecule has 1 atom stereocenters. The molecule has 1 unspecified atom stereocenters. The summed E-state index contributed by atoms with van der Waals surface area (Å²) in [6.45, 7) is 7.04. The Hall–Kier alpha value is -2.64. The second-order valence-corrected chi connectivity index (χ2v) is 6.44. The van der Waals surface area contributed by atoms with Gasteiger partial charge in [0.05, 0.1) is 18.0 Å². The summed E-state index contributed by atoms with van der Waals surface area (Å²) in [6.07, 6.45) is -0.700. The zero-order valence-corrected chi connectivity index (χ0v) is 14.9. The summed E-state index contributed by atoms with van der Waals surface area (Å²) in [5, 5.41) is 13.7. The monoisotopic (exact) mass is 352 g/mol. The number of nitro benzene ring substituents is 1. The Balaban J connectivity index is 2.93. The van der Waals surface area contributed by atoms with Crippen LogP contribution in [0.4, 0.5) is 10.5 Å². The molecule has 1 aromatic carbocycles. The van der Waals surface area contributed by atoms with Crippen LogP contribution in [-0.2, 0) is 20.7 Å². The van der Waals surface area contributed by atoms with Gasteiger partial charge in [0.15, 0.2) is 0 Å². The number of alkyl carbamates (subject to hydrolysis) is 1. The van der Waals surface area contributed by atoms with Crippen molar-refractivity contribution in [3.8, 4) is 0 Å². The second kappa shape index (κ2) is 9.00. The van der Waals surface area contributed by atoms with Gasteiger partial charge in [-0.25, -0.2) is 4.79 Å². The van der Waals surface area contributed by atoms with Gasteiger partial charge in [-0.15, -0.1) is 0 Å². The van der Waals surface area contributed by atoms with Crippen molar-refractivity contribution in [1.82, 2.24) is 5.32 Å². The third-order valence-corrected chi connectivity index (χ3v) is 3.09. The van der Waals surface area contributed by atoms with Crippen molar-refractivity contribution in [2.75, 3.05) is 6.61 Å². The van der Waals surface area contributed by atoms with Crippen LogP contribution >= 0.6 is 0 Å². The van der Waals surface area contributed by atoms with Crippen molar-refractivity contribution in [2.24, 2.45) is 0 Å². The molecule has 1 N–H and O–H groups in total. The lowest BCUT2D eigenvalue weighted by molar-refractivity contribution is -0.385. The lowest BCUT2D eigenvalue weighted by Gasteiger charge is -2.23. The highest BCUT2D eigenvalue weighted by molar-refractivity contribution is 5.73. The Bertz CT molecular complexity index is 624. The quantitative estimate of drug-likeness (QED) is 0.459. The van der Waals surface area contributed by atoms with E-state index < -0.39 is 28.6 Å². The molecule has 0 aliphatic heterocycles. The van der Waals surface area contributed by atoms with Crippen LogP contribution in [0.15, 0.2) is 24.3 Å². The van der Waals surface area contributed by atoms with E-state index in [1.807, 2.05) is 0 Å². The highest BCUT2D eigenvalue weighted by Gasteiger charge is 2.24. The molecule has 25 heavy (non-hydrogen) atoms. The fourth-order valence-corrected chi connectivity index (χ4v) is 2.20. The molecule has 8 nitrogen and oxygen atoms in total. The van der Waals surface area contributed by atoms with Gasteiger partial charge in [0, 0.05) is 24.1 Å². The van der Waals surface area contributed by atoms with Gasteiger partial charge in [-0.2, -0.15) is 0 Å². The van der Waals surface area contributed by atoms with Gasteiger partial charge in [-0.3, -0.25) is 14.9 Å². The number of nitrogens with zero attached hydrogens (tertiary/aromatic N) is 1. The van der Waals surface area contributed by atoms with E-state index in [1.54, 1.807) is 45.9 Å². The van der Waals surface area contributed by atoms with Gasteiger partial charge in [-0.1, -0.05) is 18.2 Å². The first-order valence-corrected chi connectivity index (χ1v) is 7.99. The maximum absolute atomic E-state index is 12.0. The van der Waals surface area contributed by atoms with Crippen LogP contribution < -0.4 is 5.32 Å². The summed E-state index contributed by atoms with van der Waals surface area (Å²) in [5.74, 6) is -0.498. The summed E-state index contributed by atoms with van der Waals surface area (Å²) < 4.78 is 10.1. The van der Waals surface area contributed by atoms with Crippen molar-refractivity contribution in [3.05, 3.63) is 39.9 Å². The first kappa shape index (κ1) is 20.4. The Labute approximate surface area is 146 Å². The number of carbonyl (C=O) groups excluding carboxylic acids is 2. The molecule has 0 aliphatic rings. The van der Waals surface area contributed by atoms with Gasteiger partial charge < -0.3 is 14.8 Å². The number of benzene rings is 1. The predicted octanol–water partition coefficient (Wildman–Crippen LogP) is 2.98. The molecule has 0 aliphatic carbocycles. The van der Waals surface area contributed by atoms with Crippen LogP contribution in [0.5, 0.6) is 0 Å². The Morgan fingerprint density at radius 1 is 1.28 bits per heavy atom. The van der Waals surface area contributed by atoms with Crippen LogP contribution in [0.3, 0.4) is 0 Å². The zero-order chi connectivity index (χ0) is 19.0. The van der Waals surface area contributed by atoms with E-state index >= 15 is 0 Å². The number of para-hydroxylation sites is 1. The molecule has 0 fully saturated rings. The Kier molecular flexibility index (Phi) is 7.35. The Morgan fingerprint density at radius 3 is 2.48 bits per heavy atom. The largest absolute Gasteiger partial charge is 0.466 e. The normalized spacial score (nSPS) is 12.2. The molecule has 0 saturated heterocycles. The maximum Gasteiger partial charge on any atom is 0.407 e. The number of ether oxygens (including phenoxy) is 2. The molecule has 0 heterocycles. The molecule has 1 aromatic rings. The molecular weight excluding hydrogens is 328 g/mol. The molecule has 138 valence electrons. The van der Waals surface area contributed by atoms with Crippen molar-refractivity contribution in [2.45, 2.75) is 52.2 Å². The van der Waals surface area contributed by atoms with Crippen LogP contribution in [0.2, 0.25) is 0 Å². The first-order valence-electron chi connectivity index (χ1n) is 7.99. The average molecular weight is 352 g/mol. The molecular formula is C17H24N2O6. The van der Waals surface area contributed by atoms with Crippen LogP contribution in [0.1, 0.15) is 39.7 Å². The van der Waals surface area contributed by atoms with Crippen molar-refractivity contribution in [3.63, 3.8) is 0 Å². The number of hydrogen-bond acceptors (Lipinski definition) is 6. The number of amides is 1. The lowest BCUT2D eigenvalue weighted by atomic mass is 10.0. The third kappa shape index (κ3) is 7.65. The zero-order valence-electron chi connectivity index (χ0n) is 14.9. The second-order valence-electron chi connectivity index (χ2n) is 6.44. The minimum atomic E-state index is -0.697. The number of nitrogens with one attached hydrogen (secondary N) is 1. The van der Waals surface area contributed by atoms with E-state index in [-0.39, 0.29) is 25.1 Å². The van der Waals surface area contributed by atoms with Crippen LogP contribution in [0.25, 0.3) is 0 Å². The molecule has 0 bridgehead atoms. The molecule has 0 aromatic heterocycles. The first-order chi connectivity index (χ1) is 11.6. The number of esters is 1. The fraction of sp³-hybridized carbons (Fsp3) is 0.529. The molecule has 0 spiro atoms. The minimum Gasteiger partial charge on any atom is -0.466 e. The van der Waals surface area contributed by atoms with Crippen molar-refractivity contribution >= 4 is 17.7 Å². The fourth-order valence-electron chi connectivity index (χ4n) is 2.20. The number of rotatable bonds is 7. The molecule has 8 heteroatoms. The maximum atomic E-state index is 12.0. The van der Waals surface area contributed by atoms with E-state index in [0.717, 1.165) is 0 Å². The molecule has 0 radical (unpaired) electrons. The lowest BCUT2D eigenvalue weighted by Crippen LogP contribution is -2.41. The van der Waals surface area contributed by atoms with Gasteiger partial charge >= 0.3 is 12.1 Å². The summed E-state index contributed by atoms with van der Waals surface area (Å²) in [6, 6.07) is 5.51. The number of nitro groups is 1. The summed E-state index contributed by atoms with van der Waals surface area (Å²) in [7, 11) is 0. The van der Waals surface area contributed by atoms with E-state index in [1.165, 1.54) is 6.07 Å². The topological polar surface area (TPSA) is 108 Å². The van der Waals surface area contributed by atoms with Gasteiger partial charge in [-0.05, 0) is 27.7 Å². The smallest absolute Gasteiger partial charge is 0.407 e. The molecule has 1 rings (SSSR count). The van der Waals surface area contributed by atoms with E-state index in [0.29, 0.717) is 5.56 Å². The number of hydrogen-bond donors (Lipinski definition) is 1. The average Bonchev–Trinajstić information content (AvgIpc) is 2.45. The molecule has 0 saturated carbocycles. The highest BCUT2D eigenvalue weighted by Crippen LogP contribution is 2.20. The molecule has 1 amide bonds. The third-order valence-electron chi connectivity index (χ3n) is 3.09. The summed E-state index contributed by atoms with van der Waals surface area (Å²) in [4.78, 5) is 34.4. The van der Waals surface area contributed by atoms with Crippen LogP contribution in [-0.4, -0.2) is 35.2 Å². The Morgan fingerprint density at radius 2 is 1.92 bits per heavy atom. The number of carbonyl (C=O) groups is 2. The SMILES string of the molecule is CCOC(=O)CC(Cc1ccccc1[N+](=O)[O-])NC(=O)OC(C)(C)C. The van der Waals surface area contributed by atoms with Gasteiger partial charge in [0.2, 0.25) is 0 Å². The van der Waals surface area contributed by atoms with Crippen LogP contribution in [0, 0.1) is 10.1 Å². The van der Waals surface area contributed by atoms with E-state index in [4.69, 9.17) is 9.47 Å². The van der Waals surface area contributed by atoms with Crippen molar-refractivity contribution < 1.29 is 24.0 Å². The summed E-state index contributed by atoms with van der Waals surface area (Å²) >= 11 is 0. The van der Waals surface area contributed by atoms with Gasteiger partial charge in [0.1, 0.15) is 5.60 Å². The van der Waals surface area contributed by atoms with Gasteiger partial charge in [0.25, 0.3) is 5.69 Å². The van der Waals surface area contributed by atoms with E-state index in [9.17, 15) is 19.7 Å².